The van der Waals surface area contributed by atoms with Gasteiger partial charge in [0, 0.05) is 25.2 Å². The topological polar surface area (TPSA) is 43.8 Å². The summed E-state index contributed by atoms with van der Waals surface area (Å²) in [6.07, 6.45) is 1.79. The number of nitrogens with zero attached hydrogens (tertiary/aromatic N) is 2. The van der Waals surface area contributed by atoms with Crippen LogP contribution in [0.5, 0.6) is 0 Å². The Labute approximate surface area is 115 Å². The Morgan fingerprint density at radius 2 is 1.79 bits per heavy atom. The first kappa shape index (κ1) is 13.8. The molecule has 1 aromatic heterocycles. The number of aromatic nitrogens is 2. The van der Waals surface area contributed by atoms with E-state index in [1.165, 1.54) is 22.4 Å². The molecule has 2 N–H and O–H groups in total. The van der Waals surface area contributed by atoms with Crippen molar-refractivity contribution in [3.63, 3.8) is 0 Å². The van der Waals surface area contributed by atoms with Crippen LogP contribution in [0.15, 0.2) is 24.3 Å². The molecule has 0 spiro atoms. The molecule has 1 atom stereocenters. The SMILES string of the molecule is CCc1cc(CC(N)c2cc(C)cc(C)c2)n(C)n1. The average Bonchev–Trinajstić information content (AvgIpc) is 2.69. The molecular formula is C16H23N3. The van der Waals surface area contributed by atoms with E-state index in [1.807, 2.05) is 11.7 Å². The molecule has 0 aliphatic carbocycles. The van der Waals surface area contributed by atoms with Gasteiger partial charge in [0.2, 0.25) is 0 Å². The number of nitrogens with two attached hydrogens (primary N) is 1. The molecule has 102 valence electrons. The summed E-state index contributed by atoms with van der Waals surface area (Å²) in [5.74, 6) is 0. The molecule has 2 rings (SSSR count). The molecule has 0 amide bonds. The van der Waals surface area contributed by atoms with Crippen molar-refractivity contribution in [1.82, 2.24) is 9.78 Å². The number of rotatable bonds is 4. The highest BCUT2D eigenvalue weighted by Gasteiger charge is 2.12. The van der Waals surface area contributed by atoms with E-state index in [0.717, 1.165) is 18.5 Å². The summed E-state index contributed by atoms with van der Waals surface area (Å²) in [5, 5.41) is 4.47. The highest BCUT2D eigenvalue weighted by molar-refractivity contribution is 5.31. The summed E-state index contributed by atoms with van der Waals surface area (Å²) >= 11 is 0. The van der Waals surface area contributed by atoms with E-state index in [9.17, 15) is 0 Å². The van der Waals surface area contributed by atoms with Gasteiger partial charge in [-0.05, 0) is 31.9 Å². The van der Waals surface area contributed by atoms with E-state index in [-0.39, 0.29) is 6.04 Å². The fourth-order valence-corrected chi connectivity index (χ4v) is 2.50. The van der Waals surface area contributed by atoms with E-state index in [4.69, 9.17) is 5.73 Å². The van der Waals surface area contributed by atoms with Crippen LogP contribution < -0.4 is 5.73 Å². The third-order valence-electron chi connectivity index (χ3n) is 3.49. The zero-order chi connectivity index (χ0) is 14.0. The van der Waals surface area contributed by atoms with Crippen LogP contribution in [0, 0.1) is 13.8 Å². The molecule has 0 bridgehead atoms. The molecule has 19 heavy (non-hydrogen) atoms. The van der Waals surface area contributed by atoms with Gasteiger partial charge >= 0.3 is 0 Å². The molecule has 2 aromatic rings. The monoisotopic (exact) mass is 257 g/mol. The Bertz CT molecular complexity index is 549. The van der Waals surface area contributed by atoms with E-state index in [1.54, 1.807) is 0 Å². The first-order valence-corrected chi connectivity index (χ1v) is 6.85. The third-order valence-corrected chi connectivity index (χ3v) is 3.49. The number of hydrogen-bond acceptors (Lipinski definition) is 2. The Morgan fingerprint density at radius 1 is 1.16 bits per heavy atom. The second-order valence-electron chi connectivity index (χ2n) is 5.34. The van der Waals surface area contributed by atoms with Gasteiger partial charge < -0.3 is 5.73 Å². The van der Waals surface area contributed by atoms with Crippen molar-refractivity contribution in [2.45, 2.75) is 39.7 Å². The van der Waals surface area contributed by atoms with Crippen molar-refractivity contribution in [3.8, 4) is 0 Å². The van der Waals surface area contributed by atoms with E-state index >= 15 is 0 Å². The number of hydrogen-bond donors (Lipinski definition) is 1. The summed E-state index contributed by atoms with van der Waals surface area (Å²) in [4.78, 5) is 0. The maximum Gasteiger partial charge on any atom is 0.0624 e. The van der Waals surface area contributed by atoms with Gasteiger partial charge in [-0.2, -0.15) is 5.10 Å². The van der Waals surface area contributed by atoms with Crippen molar-refractivity contribution in [2.75, 3.05) is 0 Å². The summed E-state index contributed by atoms with van der Waals surface area (Å²) < 4.78 is 1.95. The normalized spacial score (nSPS) is 12.7. The lowest BCUT2D eigenvalue weighted by molar-refractivity contribution is 0.637. The van der Waals surface area contributed by atoms with Gasteiger partial charge in [-0.3, -0.25) is 4.68 Å². The predicted octanol–water partition coefficient (Wildman–Crippen LogP) is 2.84. The van der Waals surface area contributed by atoms with Crippen molar-refractivity contribution in [2.24, 2.45) is 12.8 Å². The quantitative estimate of drug-likeness (QED) is 0.915. The summed E-state index contributed by atoms with van der Waals surface area (Å²) in [7, 11) is 1.99. The van der Waals surface area contributed by atoms with Crippen LogP contribution in [0.2, 0.25) is 0 Å². The molecule has 1 unspecified atom stereocenters. The average molecular weight is 257 g/mol. The van der Waals surface area contributed by atoms with E-state index in [0.29, 0.717) is 0 Å². The number of benzene rings is 1. The molecule has 0 fully saturated rings. The van der Waals surface area contributed by atoms with Crippen LogP contribution in [0.1, 0.15) is 41.0 Å². The highest BCUT2D eigenvalue weighted by Crippen LogP contribution is 2.19. The molecule has 1 aromatic carbocycles. The smallest absolute Gasteiger partial charge is 0.0624 e. The van der Waals surface area contributed by atoms with Crippen LogP contribution >= 0.6 is 0 Å². The van der Waals surface area contributed by atoms with E-state index < -0.39 is 0 Å². The summed E-state index contributed by atoms with van der Waals surface area (Å²) in [6, 6.07) is 8.71. The standard InChI is InChI=1S/C16H23N3/c1-5-14-9-15(19(4)18-14)10-16(17)13-7-11(2)6-12(3)8-13/h6-9,16H,5,10,17H2,1-4H3. The van der Waals surface area contributed by atoms with Gasteiger partial charge in [0.25, 0.3) is 0 Å². The molecule has 0 aliphatic heterocycles. The predicted molar refractivity (Wildman–Crippen MR) is 79.1 cm³/mol. The van der Waals surface area contributed by atoms with Crippen LogP contribution in [0.3, 0.4) is 0 Å². The second kappa shape index (κ2) is 5.57. The fraction of sp³-hybridized carbons (Fsp3) is 0.438. The molecule has 0 saturated heterocycles. The maximum atomic E-state index is 6.34. The molecule has 3 heteroatoms. The first-order chi connectivity index (χ1) is 8.99. The zero-order valence-electron chi connectivity index (χ0n) is 12.3. The van der Waals surface area contributed by atoms with Crippen molar-refractivity contribution in [3.05, 3.63) is 52.3 Å². The van der Waals surface area contributed by atoms with Crippen LogP contribution in [0.4, 0.5) is 0 Å². The minimum atomic E-state index is 0.0266. The van der Waals surface area contributed by atoms with Gasteiger partial charge in [0.1, 0.15) is 0 Å². The summed E-state index contributed by atoms with van der Waals surface area (Å²) in [5.41, 5.74) is 12.4. The fourth-order valence-electron chi connectivity index (χ4n) is 2.50. The molecule has 0 aliphatic rings. The van der Waals surface area contributed by atoms with Crippen molar-refractivity contribution >= 4 is 0 Å². The molecular weight excluding hydrogens is 234 g/mol. The highest BCUT2D eigenvalue weighted by atomic mass is 15.3. The van der Waals surface area contributed by atoms with Gasteiger partial charge in [-0.25, -0.2) is 0 Å². The lowest BCUT2D eigenvalue weighted by atomic mass is 9.98. The van der Waals surface area contributed by atoms with Gasteiger partial charge in [-0.15, -0.1) is 0 Å². The van der Waals surface area contributed by atoms with Gasteiger partial charge in [0.15, 0.2) is 0 Å². The van der Waals surface area contributed by atoms with Crippen molar-refractivity contribution in [1.29, 1.82) is 0 Å². The Kier molecular flexibility index (Phi) is 4.05. The molecule has 3 nitrogen and oxygen atoms in total. The largest absolute Gasteiger partial charge is 0.324 e. The van der Waals surface area contributed by atoms with Crippen LogP contribution in [-0.4, -0.2) is 9.78 Å². The first-order valence-electron chi connectivity index (χ1n) is 6.85. The second-order valence-corrected chi connectivity index (χ2v) is 5.34. The molecule has 0 radical (unpaired) electrons. The Hall–Kier alpha value is -1.61. The van der Waals surface area contributed by atoms with Crippen molar-refractivity contribution < 1.29 is 0 Å². The third kappa shape index (κ3) is 3.24. The molecule has 0 saturated carbocycles. The summed E-state index contributed by atoms with van der Waals surface area (Å²) in [6.45, 7) is 6.35. The number of aryl methyl sites for hydroxylation is 4. The Morgan fingerprint density at radius 3 is 2.32 bits per heavy atom. The zero-order valence-corrected chi connectivity index (χ0v) is 12.3. The van der Waals surface area contributed by atoms with Crippen LogP contribution in [-0.2, 0) is 19.9 Å². The molecule has 1 heterocycles. The van der Waals surface area contributed by atoms with Crippen LogP contribution in [0.25, 0.3) is 0 Å². The van der Waals surface area contributed by atoms with E-state index in [2.05, 4.69) is 50.1 Å². The minimum absolute atomic E-state index is 0.0266. The van der Waals surface area contributed by atoms with Gasteiger partial charge in [0.05, 0.1) is 5.69 Å². The maximum absolute atomic E-state index is 6.34. The minimum Gasteiger partial charge on any atom is -0.324 e. The van der Waals surface area contributed by atoms with Gasteiger partial charge in [-0.1, -0.05) is 36.2 Å². The Balaban J connectivity index is 2.20. The lowest BCUT2D eigenvalue weighted by Crippen LogP contribution is -2.15. The lowest BCUT2D eigenvalue weighted by Gasteiger charge is -2.14.